The minimum atomic E-state index is -0.929. The summed E-state index contributed by atoms with van der Waals surface area (Å²) in [6.45, 7) is 1.80. The molecule has 0 saturated carbocycles. The SMILES string of the molecule is Cc1cc(F)cc(C(O)c2ccnn2-c2ccccc2)c1. The van der Waals surface area contributed by atoms with E-state index in [-0.39, 0.29) is 5.82 Å². The number of aliphatic hydroxyl groups is 1. The predicted molar refractivity (Wildman–Crippen MR) is 78.8 cm³/mol. The molecule has 1 N–H and O–H groups in total. The Bertz CT molecular complexity index is 732. The number of rotatable bonds is 3. The third-order valence-electron chi connectivity index (χ3n) is 3.33. The monoisotopic (exact) mass is 282 g/mol. The highest BCUT2D eigenvalue weighted by atomic mass is 19.1. The summed E-state index contributed by atoms with van der Waals surface area (Å²) in [7, 11) is 0. The lowest BCUT2D eigenvalue weighted by Crippen LogP contribution is -2.09. The molecule has 0 amide bonds. The van der Waals surface area contributed by atoms with Gasteiger partial charge in [-0.25, -0.2) is 9.07 Å². The number of hydrogen-bond acceptors (Lipinski definition) is 2. The van der Waals surface area contributed by atoms with Crippen LogP contribution in [0.1, 0.15) is 22.9 Å². The molecule has 0 bridgehead atoms. The number of aryl methyl sites for hydroxylation is 1. The average Bonchev–Trinajstić information content (AvgIpc) is 2.95. The second kappa shape index (κ2) is 5.50. The first-order valence-corrected chi connectivity index (χ1v) is 6.69. The summed E-state index contributed by atoms with van der Waals surface area (Å²) in [6.07, 6.45) is 0.694. The van der Waals surface area contributed by atoms with E-state index >= 15 is 0 Å². The zero-order valence-electron chi connectivity index (χ0n) is 11.6. The summed E-state index contributed by atoms with van der Waals surface area (Å²) >= 11 is 0. The van der Waals surface area contributed by atoms with Crippen LogP contribution in [-0.4, -0.2) is 14.9 Å². The van der Waals surface area contributed by atoms with Gasteiger partial charge in [0.15, 0.2) is 0 Å². The fourth-order valence-electron chi connectivity index (χ4n) is 2.40. The van der Waals surface area contributed by atoms with Crippen molar-refractivity contribution in [2.45, 2.75) is 13.0 Å². The number of para-hydroxylation sites is 1. The summed E-state index contributed by atoms with van der Waals surface area (Å²) in [4.78, 5) is 0. The van der Waals surface area contributed by atoms with Crippen LogP contribution in [0.3, 0.4) is 0 Å². The Balaban J connectivity index is 2.03. The van der Waals surface area contributed by atoms with Gasteiger partial charge in [-0.1, -0.05) is 24.3 Å². The molecule has 0 aliphatic carbocycles. The molecule has 3 nitrogen and oxygen atoms in total. The first-order chi connectivity index (χ1) is 10.1. The molecule has 3 aromatic rings. The summed E-state index contributed by atoms with van der Waals surface area (Å²) in [5.74, 6) is -0.352. The van der Waals surface area contributed by atoms with Crippen LogP contribution in [0.4, 0.5) is 4.39 Å². The Morgan fingerprint density at radius 1 is 1.10 bits per heavy atom. The van der Waals surface area contributed by atoms with Gasteiger partial charge in [-0.05, 0) is 48.4 Å². The lowest BCUT2D eigenvalue weighted by Gasteiger charge is -2.14. The normalized spacial score (nSPS) is 12.3. The number of hydrogen-bond donors (Lipinski definition) is 1. The molecule has 0 radical (unpaired) electrons. The predicted octanol–water partition coefficient (Wildman–Crippen LogP) is 3.40. The molecular weight excluding hydrogens is 267 g/mol. The third-order valence-corrected chi connectivity index (χ3v) is 3.33. The number of benzene rings is 2. The van der Waals surface area contributed by atoms with Crippen LogP contribution < -0.4 is 0 Å². The van der Waals surface area contributed by atoms with E-state index < -0.39 is 6.10 Å². The molecule has 1 heterocycles. The molecule has 0 fully saturated rings. The molecule has 3 rings (SSSR count). The van der Waals surface area contributed by atoms with E-state index in [4.69, 9.17) is 0 Å². The fraction of sp³-hybridized carbons (Fsp3) is 0.118. The second-order valence-corrected chi connectivity index (χ2v) is 4.97. The van der Waals surface area contributed by atoms with E-state index in [1.807, 2.05) is 30.3 Å². The maximum absolute atomic E-state index is 13.5. The molecule has 0 spiro atoms. The topological polar surface area (TPSA) is 38.1 Å². The Labute approximate surface area is 122 Å². The van der Waals surface area contributed by atoms with Gasteiger partial charge in [0.1, 0.15) is 11.9 Å². The minimum absolute atomic E-state index is 0.352. The smallest absolute Gasteiger partial charge is 0.123 e. The molecular formula is C17H15FN2O. The Kier molecular flexibility index (Phi) is 3.54. The molecule has 1 unspecified atom stereocenters. The van der Waals surface area contributed by atoms with E-state index in [1.54, 1.807) is 29.9 Å². The number of aromatic nitrogens is 2. The molecule has 1 aromatic heterocycles. The van der Waals surface area contributed by atoms with Crippen LogP contribution in [0.15, 0.2) is 60.8 Å². The van der Waals surface area contributed by atoms with Gasteiger partial charge in [-0.15, -0.1) is 0 Å². The van der Waals surface area contributed by atoms with E-state index in [0.717, 1.165) is 11.3 Å². The average molecular weight is 282 g/mol. The molecule has 1 atom stereocenters. The Morgan fingerprint density at radius 2 is 1.86 bits per heavy atom. The van der Waals surface area contributed by atoms with Gasteiger partial charge in [0.25, 0.3) is 0 Å². The van der Waals surface area contributed by atoms with E-state index in [1.165, 1.54) is 12.1 Å². The summed E-state index contributed by atoms with van der Waals surface area (Å²) < 4.78 is 15.2. The van der Waals surface area contributed by atoms with Crippen molar-refractivity contribution >= 4 is 0 Å². The zero-order valence-corrected chi connectivity index (χ0v) is 11.6. The van der Waals surface area contributed by atoms with Crippen molar-refractivity contribution in [2.24, 2.45) is 0 Å². The zero-order chi connectivity index (χ0) is 14.8. The lowest BCUT2D eigenvalue weighted by atomic mass is 10.0. The summed E-state index contributed by atoms with van der Waals surface area (Å²) in [5, 5.41) is 14.8. The maximum atomic E-state index is 13.5. The van der Waals surface area contributed by atoms with Gasteiger partial charge in [-0.2, -0.15) is 5.10 Å². The van der Waals surface area contributed by atoms with Gasteiger partial charge in [0.05, 0.1) is 11.4 Å². The van der Waals surface area contributed by atoms with Crippen molar-refractivity contribution in [3.05, 3.63) is 83.4 Å². The van der Waals surface area contributed by atoms with Crippen LogP contribution in [0, 0.1) is 12.7 Å². The summed E-state index contributed by atoms with van der Waals surface area (Å²) in [6, 6.07) is 15.8. The van der Waals surface area contributed by atoms with Gasteiger partial charge in [0, 0.05) is 6.20 Å². The Hall–Kier alpha value is -2.46. The quantitative estimate of drug-likeness (QED) is 0.799. The minimum Gasteiger partial charge on any atom is -0.382 e. The van der Waals surface area contributed by atoms with Gasteiger partial charge < -0.3 is 5.11 Å². The van der Waals surface area contributed by atoms with Crippen molar-refractivity contribution in [2.75, 3.05) is 0 Å². The molecule has 2 aromatic carbocycles. The second-order valence-electron chi connectivity index (χ2n) is 4.97. The molecule has 0 saturated heterocycles. The van der Waals surface area contributed by atoms with Crippen molar-refractivity contribution in [3.8, 4) is 5.69 Å². The maximum Gasteiger partial charge on any atom is 0.123 e. The highest BCUT2D eigenvalue weighted by Gasteiger charge is 2.17. The molecule has 106 valence electrons. The van der Waals surface area contributed by atoms with Crippen molar-refractivity contribution < 1.29 is 9.50 Å². The highest BCUT2D eigenvalue weighted by Crippen LogP contribution is 2.25. The van der Waals surface area contributed by atoms with Gasteiger partial charge in [0.2, 0.25) is 0 Å². The van der Waals surface area contributed by atoms with E-state index in [9.17, 15) is 9.50 Å². The van der Waals surface area contributed by atoms with Crippen LogP contribution >= 0.6 is 0 Å². The lowest BCUT2D eigenvalue weighted by molar-refractivity contribution is 0.211. The van der Waals surface area contributed by atoms with Crippen molar-refractivity contribution in [1.82, 2.24) is 9.78 Å². The van der Waals surface area contributed by atoms with Crippen LogP contribution in [0.5, 0.6) is 0 Å². The Morgan fingerprint density at radius 3 is 2.57 bits per heavy atom. The molecule has 0 aliphatic rings. The summed E-state index contributed by atoms with van der Waals surface area (Å²) in [5.41, 5.74) is 2.75. The molecule has 21 heavy (non-hydrogen) atoms. The standard InChI is InChI=1S/C17H15FN2O/c1-12-9-13(11-14(18)10-12)17(21)16-7-8-19-20(16)15-5-3-2-4-6-15/h2-11,17,21H,1H3. The first kappa shape index (κ1) is 13.5. The number of aliphatic hydroxyl groups excluding tert-OH is 1. The largest absolute Gasteiger partial charge is 0.382 e. The van der Waals surface area contributed by atoms with Crippen LogP contribution in [0.25, 0.3) is 5.69 Å². The van der Waals surface area contributed by atoms with Gasteiger partial charge in [-0.3, -0.25) is 0 Å². The van der Waals surface area contributed by atoms with Crippen molar-refractivity contribution in [3.63, 3.8) is 0 Å². The van der Waals surface area contributed by atoms with Crippen molar-refractivity contribution in [1.29, 1.82) is 0 Å². The molecule has 4 heteroatoms. The van der Waals surface area contributed by atoms with E-state index in [0.29, 0.717) is 11.3 Å². The van der Waals surface area contributed by atoms with Crippen LogP contribution in [0.2, 0.25) is 0 Å². The third kappa shape index (κ3) is 2.71. The van der Waals surface area contributed by atoms with E-state index in [2.05, 4.69) is 5.10 Å². The number of halogens is 1. The first-order valence-electron chi connectivity index (χ1n) is 6.69. The van der Waals surface area contributed by atoms with Gasteiger partial charge >= 0.3 is 0 Å². The molecule has 0 aliphatic heterocycles. The number of nitrogens with zero attached hydrogens (tertiary/aromatic N) is 2. The fourth-order valence-corrected chi connectivity index (χ4v) is 2.40. The van der Waals surface area contributed by atoms with Crippen LogP contribution in [-0.2, 0) is 0 Å². The highest BCUT2D eigenvalue weighted by molar-refractivity contribution is 5.36.